The first kappa shape index (κ1) is 13.0. The van der Waals surface area contributed by atoms with Crippen LogP contribution in [0.3, 0.4) is 0 Å². The van der Waals surface area contributed by atoms with Gasteiger partial charge < -0.3 is 15.2 Å². The van der Waals surface area contributed by atoms with Crippen LogP contribution in [0.25, 0.3) is 0 Å². The van der Waals surface area contributed by atoms with E-state index in [1.807, 2.05) is 0 Å². The monoisotopic (exact) mass is 229 g/mol. The Bertz CT molecular complexity index is 261. The Morgan fingerprint density at radius 2 is 2.06 bits per heavy atom. The molecule has 1 atom stereocenters. The minimum absolute atomic E-state index is 0.107. The lowest BCUT2D eigenvalue weighted by molar-refractivity contribution is -0.152. The number of aliphatic carboxylic acids is 1. The highest BCUT2D eigenvalue weighted by molar-refractivity contribution is 5.81. The Morgan fingerprint density at radius 3 is 2.44 bits per heavy atom. The van der Waals surface area contributed by atoms with Crippen LogP contribution in [0, 0.1) is 0 Å². The second-order valence-corrected chi connectivity index (χ2v) is 4.43. The first-order valence-corrected chi connectivity index (χ1v) is 5.67. The van der Waals surface area contributed by atoms with Gasteiger partial charge in [-0.25, -0.2) is 0 Å². The van der Waals surface area contributed by atoms with E-state index in [0.29, 0.717) is 0 Å². The van der Waals surface area contributed by atoms with Gasteiger partial charge in [0.2, 0.25) is 0 Å². The zero-order valence-electron chi connectivity index (χ0n) is 9.73. The Balaban J connectivity index is 2.37. The molecule has 5 heteroatoms. The van der Waals surface area contributed by atoms with E-state index in [-0.39, 0.29) is 18.6 Å². The molecular weight excluding hydrogens is 210 g/mol. The molecule has 2 N–H and O–H groups in total. The highest BCUT2D eigenvalue weighted by Crippen LogP contribution is 2.19. The SMILES string of the molecule is CC(C)OC(=O)C[C@@H](NC1CCC1)C(=O)O. The minimum atomic E-state index is -0.993. The van der Waals surface area contributed by atoms with Crippen molar-refractivity contribution in [2.24, 2.45) is 0 Å². The standard InChI is InChI=1S/C11H19NO4/c1-7(2)16-10(13)6-9(11(14)15)12-8-4-3-5-8/h7-9,12H,3-6H2,1-2H3,(H,14,15)/t9-/m1/s1. The third kappa shape index (κ3) is 4.18. The molecule has 0 aromatic rings. The van der Waals surface area contributed by atoms with Gasteiger partial charge >= 0.3 is 11.9 Å². The zero-order chi connectivity index (χ0) is 12.1. The van der Waals surface area contributed by atoms with Crippen molar-refractivity contribution < 1.29 is 19.4 Å². The lowest BCUT2D eigenvalue weighted by atomic mass is 9.92. The summed E-state index contributed by atoms with van der Waals surface area (Å²) in [6, 6.07) is -0.579. The number of carbonyl (C=O) groups is 2. The van der Waals surface area contributed by atoms with Crippen LogP contribution in [0.2, 0.25) is 0 Å². The van der Waals surface area contributed by atoms with Gasteiger partial charge in [-0.1, -0.05) is 6.42 Å². The summed E-state index contributed by atoms with van der Waals surface area (Å²) in [7, 11) is 0. The van der Waals surface area contributed by atoms with Crippen LogP contribution in [0.1, 0.15) is 39.5 Å². The zero-order valence-corrected chi connectivity index (χ0v) is 9.73. The number of carbonyl (C=O) groups excluding carboxylic acids is 1. The summed E-state index contributed by atoms with van der Waals surface area (Å²) in [4.78, 5) is 22.3. The van der Waals surface area contributed by atoms with Crippen molar-refractivity contribution in [3.8, 4) is 0 Å². The number of carboxylic acids is 1. The summed E-state index contributed by atoms with van der Waals surface area (Å²) in [6.45, 7) is 3.49. The smallest absolute Gasteiger partial charge is 0.321 e. The fourth-order valence-electron chi connectivity index (χ4n) is 1.55. The summed E-state index contributed by atoms with van der Waals surface area (Å²) in [5.74, 6) is -1.46. The molecule has 0 unspecified atom stereocenters. The number of ether oxygens (including phenoxy) is 1. The van der Waals surface area contributed by atoms with E-state index in [1.165, 1.54) is 0 Å². The number of rotatable bonds is 6. The number of esters is 1. The van der Waals surface area contributed by atoms with Crippen LogP contribution in [0.5, 0.6) is 0 Å². The third-order valence-electron chi connectivity index (χ3n) is 2.58. The van der Waals surface area contributed by atoms with E-state index >= 15 is 0 Å². The molecule has 1 fully saturated rings. The average molecular weight is 229 g/mol. The van der Waals surface area contributed by atoms with E-state index in [0.717, 1.165) is 19.3 Å². The number of carboxylic acid groups (broad SMARTS) is 1. The fourth-order valence-corrected chi connectivity index (χ4v) is 1.55. The fraction of sp³-hybridized carbons (Fsp3) is 0.818. The van der Waals surface area contributed by atoms with Crippen molar-refractivity contribution in [2.75, 3.05) is 0 Å². The molecule has 0 radical (unpaired) electrons. The molecule has 92 valence electrons. The molecule has 16 heavy (non-hydrogen) atoms. The number of hydrogen-bond acceptors (Lipinski definition) is 4. The molecule has 0 heterocycles. The van der Waals surface area contributed by atoms with Crippen molar-refractivity contribution in [2.45, 2.75) is 57.7 Å². The molecule has 0 aromatic heterocycles. The Hall–Kier alpha value is -1.10. The van der Waals surface area contributed by atoms with Gasteiger partial charge in [0.05, 0.1) is 12.5 Å². The van der Waals surface area contributed by atoms with Crippen LogP contribution in [-0.4, -0.2) is 35.2 Å². The van der Waals surface area contributed by atoms with Gasteiger partial charge in [0, 0.05) is 6.04 Å². The van der Waals surface area contributed by atoms with Crippen molar-refractivity contribution in [3.05, 3.63) is 0 Å². The average Bonchev–Trinajstić information content (AvgIpc) is 2.07. The van der Waals surface area contributed by atoms with Gasteiger partial charge in [0.25, 0.3) is 0 Å². The number of nitrogens with one attached hydrogen (secondary N) is 1. The lowest BCUT2D eigenvalue weighted by Gasteiger charge is -2.29. The van der Waals surface area contributed by atoms with Crippen LogP contribution >= 0.6 is 0 Å². The van der Waals surface area contributed by atoms with Gasteiger partial charge in [0.15, 0.2) is 0 Å². The normalized spacial score (nSPS) is 17.9. The topological polar surface area (TPSA) is 75.6 Å². The van der Waals surface area contributed by atoms with Crippen molar-refractivity contribution in [3.63, 3.8) is 0 Å². The second-order valence-electron chi connectivity index (χ2n) is 4.43. The maximum Gasteiger partial charge on any atom is 0.321 e. The predicted molar refractivity (Wildman–Crippen MR) is 58.0 cm³/mol. The summed E-state index contributed by atoms with van der Waals surface area (Å²) < 4.78 is 4.92. The molecule has 0 saturated heterocycles. The Kier molecular flexibility index (Phi) is 4.73. The van der Waals surface area contributed by atoms with Crippen molar-refractivity contribution in [1.82, 2.24) is 5.32 Å². The summed E-state index contributed by atoms with van der Waals surface area (Å²) in [5, 5.41) is 11.9. The van der Waals surface area contributed by atoms with Gasteiger partial charge in [-0.15, -0.1) is 0 Å². The van der Waals surface area contributed by atoms with E-state index in [4.69, 9.17) is 9.84 Å². The third-order valence-corrected chi connectivity index (χ3v) is 2.58. The van der Waals surface area contributed by atoms with Crippen LogP contribution < -0.4 is 5.32 Å². The van der Waals surface area contributed by atoms with Crippen LogP contribution in [0.4, 0.5) is 0 Å². The van der Waals surface area contributed by atoms with Gasteiger partial charge in [-0.3, -0.25) is 9.59 Å². The van der Waals surface area contributed by atoms with E-state index in [2.05, 4.69) is 5.32 Å². The Morgan fingerprint density at radius 1 is 1.44 bits per heavy atom. The molecule has 0 aliphatic heterocycles. The molecule has 0 spiro atoms. The largest absolute Gasteiger partial charge is 0.480 e. The highest BCUT2D eigenvalue weighted by atomic mass is 16.5. The second kappa shape index (κ2) is 5.84. The molecule has 1 saturated carbocycles. The molecule has 5 nitrogen and oxygen atoms in total. The molecule has 0 amide bonds. The highest BCUT2D eigenvalue weighted by Gasteiger charge is 2.27. The van der Waals surface area contributed by atoms with Crippen molar-refractivity contribution >= 4 is 11.9 Å². The molecular formula is C11H19NO4. The maximum atomic E-state index is 11.3. The van der Waals surface area contributed by atoms with Crippen molar-refractivity contribution in [1.29, 1.82) is 0 Å². The van der Waals surface area contributed by atoms with E-state index < -0.39 is 18.0 Å². The molecule has 0 bridgehead atoms. The van der Waals surface area contributed by atoms with Gasteiger partial charge in [0.1, 0.15) is 6.04 Å². The molecule has 1 aliphatic carbocycles. The number of hydrogen-bond donors (Lipinski definition) is 2. The summed E-state index contributed by atoms with van der Waals surface area (Å²) in [5.41, 5.74) is 0. The molecule has 0 aromatic carbocycles. The summed E-state index contributed by atoms with van der Waals surface area (Å²) >= 11 is 0. The predicted octanol–water partition coefficient (Wildman–Crippen LogP) is 0.923. The van der Waals surface area contributed by atoms with Crippen LogP contribution in [-0.2, 0) is 14.3 Å². The van der Waals surface area contributed by atoms with E-state index in [9.17, 15) is 9.59 Å². The first-order chi connectivity index (χ1) is 7.49. The summed E-state index contributed by atoms with van der Waals surface area (Å²) in [6.07, 6.45) is 2.79. The molecule has 1 rings (SSSR count). The van der Waals surface area contributed by atoms with Gasteiger partial charge in [-0.05, 0) is 26.7 Å². The maximum absolute atomic E-state index is 11.3. The van der Waals surface area contributed by atoms with Crippen LogP contribution in [0.15, 0.2) is 0 Å². The van der Waals surface area contributed by atoms with E-state index in [1.54, 1.807) is 13.8 Å². The first-order valence-electron chi connectivity index (χ1n) is 5.67. The lowest BCUT2D eigenvalue weighted by Crippen LogP contribution is -2.47. The molecule has 1 aliphatic rings. The quantitative estimate of drug-likeness (QED) is 0.662. The van der Waals surface area contributed by atoms with Gasteiger partial charge in [-0.2, -0.15) is 0 Å². The Labute approximate surface area is 95.2 Å². The minimum Gasteiger partial charge on any atom is -0.480 e.